The first-order chi connectivity index (χ1) is 9.09. The van der Waals surface area contributed by atoms with Crippen molar-refractivity contribution in [3.8, 4) is 0 Å². The van der Waals surface area contributed by atoms with Crippen LogP contribution in [0, 0.1) is 10.1 Å². The summed E-state index contributed by atoms with van der Waals surface area (Å²) in [5.74, 6) is -0.881. The Morgan fingerprint density at radius 3 is 3.05 bits per heavy atom. The maximum atomic E-state index is 11.0. The van der Waals surface area contributed by atoms with Gasteiger partial charge < -0.3 is 10.0 Å². The van der Waals surface area contributed by atoms with Gasteiger partial charge in [-0.15, -0.1) is 0 Å². The van der Waals surface area contributed by atoms with Crippen molar-refractivity contribution >= 4 is 17.3 Å². The van der Waals surface area contributed by atoms with Crippen LogP contribution in [0.3, 0.4) is 0 Å². The average molecular weight is 265 g/mol. The van der Waals surface area contributed by atoms with Crippen molar-refractivity contribution in [2.45, 2.75) is 31.7 Å². The number of hydrogen-bond acceptors (Lipinski definition) is 5. The van der Waals surface area contributed by atoms with Gasteiger partial charge >= 0.3 is 11.7 Å². The van der Waals surface area contributed by atoms with E-state index in [4.69, 9.17) is 5.11 Å². The summed E-state index contributed by atoms with van der Waals surface area (Å²) in [6.45, 7) is 0.642. The number of aromatic nitrogens is 1. The number of carboxylic acids is 1. The fourth-order valence-corrected chi connectivity index (χ4v) is 2.49. The van der Waals surface area contributed by atoms with Gasteiger partial charge in [-0.3, -0.25) is 19.9 Å². The van der Waals surface area contributed by atoms with Crippen molar-refractivity contribution in [2.24, 2.45) is 0 Å². The number of carbonyl (C=O) groups is 1. The van der Waals surface area contributed by atoms with Gasteiger partial charge in [0.15, 0.2) is 0 Å². The van der Waals surface area contributed by atoms with Crippen LogP contribution in [0.4, 0.5) is 11.4 Å². The molecule has 2 rings (SSSR count). The molecule has 1 N–H and O–H groups in total. The van der Waals surface area contributed by atoms with E-state index in [2.05, 4.69) is 4.98 Å². The molecule has 7 heteroatoms. The van der Waals surface area contributed by atoms with Crippen LogP contribution < -0.4 is 4.90 Å². The first-order valence-electron chi connectivity index (χ1n) is 6.16. The van der Waals surface area contributed by atoms with Gasteiger partial charge in [0.25, 0.3) is 0 Å². The third-order valence-electron chi connectivity index (χ3n) is 3.32. The summed E-state index contributed by atoms with van der Waals surface area (Å²) in [6.07, 6.45) is 5.31. The van der Waals surface area contributed by atoms with Crippen LogP contribution in [0.5, 0.6) is 0 Å². The predicted molar refractivity (Wildman–Crippen MR) is 68.1 cm³/mol. The molecule has 102 valence electrons. The Balaban J connectivity index is 2.32. The van der Waals surface area contributed by atoms with Crippen LogP contribution in [0.25, 0.3) is 0 Å². The molecule has 1 unspecified atom stereocenters. The van der Waals surface area contributed by atoms with Gasteiger partial charge in [0, 0.05) is 18.8 Å². The molecular weight excluding hydrogens is 250 g/mol. The van der Waals surface area contributed by atoms with E-state index in [1.165, 1.54) is 12.4 Å². The Hall–Kier alpha value is -2.18. The minimum Gasteiger partial charge on any atom is -0.481 e. The van der Waals surface area contributed by atoms with E-state index in [1.807, 2.05) is 4.90 Å². The van der Waals surface area contributed by atoms with Crippen LogP contribution in [0.2, 0.25) is 0 Å². The summed E-state index contributed by atoms with van der Waals surface area (Å²) in [5.41, 5.74) is 0.394. The second-order valence-corrected chi connectivity index (χ2v) is 4.56. The molecule has 1 atom stereocenters. The van der Waals surface area contributed by atoms with E-state index < -0.39 is 10.9 Å². The summed E-state index contributed by atoms with van der Waals surface area (Å²) in [6, 6.07) is 1.39. The van der Waals surface area contributed by atoms with Crippen molar-refractivity contribution < 1.29 is 14.8 Å². The molecule has 0 aromatic carbocycles. The second-order valence-electron chi connectivity index (χ2n) is 4.56. The number of rotatable bonds is 4. The second kappa shape index (κ2) is 5.64. The zero-order valence-electron chi connectivity index (χ0n) is 10.4. The quantitative estimate of drug-likeness (QED) is 0.658. The normalized spacial score (nSPS) is 19.2. The Morgan fingerprint density at radius 2 is 2.37 bits per heavy atom. The van der Waals surface area contributed by atoms with Crippen LogP contribution in [-0.2, 0) is 4.79 Å². The molecule has 19 heavy (non-hydrogen) atoms. The highest BCUT2D eigenvalue weighted by Gasteiger charge is 2.29. The van der Waals surface area contributed by atoms with E-state index >= 15 is 0 Å². The number of aliphatic carboxylic acids is 1. The van der Waals surface area contributed by atoms with Crippen molar-refractivity contribution in [1.82, 2.24) is 4.98 Å². The Kier molecular flexibility index (Phi) is 3.94. The maximum absolute atomic E-state index is 11.0. The summed E-state index contributed by atoms with van der Waals surface area (Å²) >= 11 is 0. The fraction of sp³-hybridized carbons (Fsp3) is 0.500. The molecule has 0 saturated carbocycles. The molecule has 1 saturated heterocycles. The summed E-state index contributed by atoms with van der Waals surface area (Å²) in [4.78, 5) is 27.0. The lowest BCUT2D eigenvalue weighted by Gasteiger charge is -2.36. The molecule has 0 bridgehead atoms. The SMILES string of the molecule is O=C(O)CC1CCCCN1c1ccncc1[N+](=O)[O-]. The smallest absolute Gasteiger partial charge is 0.310 e. The van der Waals surface area contributed by atoms with Gasteiger partial charge in [-0.05, 0) is 25.3 Å². The summed E-state index contributed by atoms with van der Waals surface area (Å²) in [7, 11) is 0. The topological polar surface area (TPSA) is 96.6 Å². The molecule has 7 nitrogen and oxygen atoms in total. The molecule has 1 aliphatic heterocycles. The number of carboxylic acid groups (broad SMARTS) is 1. The van der Waals surface area contributed by atoms with Gasteiger partial charge in [-0.2, -0.15) is 0 Å². The third-order valence-corrected chi connectivity index (χ3v) is 3.32. The van der Waals surface area contributed by atoms with Crippen LogP contribution >= 0.6 is 0 Å². The lowest BCUT2D eigenvalue weighted by Crippen LogP contribution is -2.41. The van der Waals surface area contributed by atoms with E-state index in [0.717, 1.165) is 19.3 Å². The van der Waals surface area contributed by atoms with Crippen molar-refractivity contribution in [3.63, 3.8) is 0 Å². The number of anilines is 1. The molecular formula is C12H15N3O4. The standard InChI is InChI=1S/C12H15N3O4/c16-12(17)7-9-3-1-2-6-14(9)10-4-5-13-8-11(10)15(18)19/h4-5,8-9H,1-3,6-7H2,(H,16,17). The number of nitrogens with zero attached hydrogens (tertiary/aromatic N) is 3. The van der Waals surface area contributed by atoms with E-state index in [0.29, 0.717) is 12.2 Å². The zero-order valence-corrected chi connectivity index (χ0v) is 10.4. The van der Waals surface area contributed by atoms with Crippen LogP contribution in [-0.4, -0.2) is 33.6 Å². The van der Waals surface area contributed by atoms with Gasteiger partial charge in [-0.1, -0.05) is 0 Å². The largest absolute Gasteiger partial charge is 0.481 e. The van der Waals surface area contributed by atoms with E-state index in [-0.39, 0.29) is 18.2 Å². The molecule has 0 radical (unpaired) electrons. The molecule has 1 aliphatic rings. The zero-order chi connectivity index (χ0) is 13.8. The molecule has 1 aromatic heterocycles. The summed E-state index contributed by atoms with van der Waals surface area (Å²) < 4.78 is 0. The first-order valence-corrected chi connectivity index (χ1v) is 6.16. The number of piperidine rings is 1. The lowest BCUT2D eigenvalue weighted by molar-refractivity contribution is -0.384. The highest BCUT2D eigenvalue weighted by atomic mass is 16.6. The maximum Gasteiger partial charge on any atom is 0.310 e. The van der Waals surface area contributed by atoms with E-state index in [9.17, 15) is 14.9 Å². The van der Waals surface area contributed by atoms with Crippen molar-refractivity contribution in [3.05, 3.63) is 28.6 Å². The molecule has 0 spiro atoms. The molecule has 0 amide bonds. The summed E-state index contributed by atoms with van der Waals surface area (Å²) in [5, 5.41) is 20.0. The Labute approximate surface area is 110 Å². The van der Waals surface area contributed by atoms with Gasteiger partial charge in [0.2, 0.25) is 0 Å². The van der Waals surface area contributed by atoms with Crippen LogP contribution in [0.15, 0.2) is 18.5 Å². The van der Waals surface area contributed by atoms with Gasteiger partial charge in [0.1, 0.15) is 11.9 Å². The first kappa shape index (κ1) is 13.3. The van der Waals surface area contributed by atoms with Crippen LogP contribution in [0.1, 0.15) is 25.7 Å². The number of pyridine rings is 1. The van der Waals surface area contributed by atoms with Gasteiger partial charge in [0.05, 0.1) is 11.3 Å². The molecule has 1 aromatic rings. The molecule has 0 aliphatic carbocycles. The number of nitro groups is 1. The third kappa shape index (κ3) is 2.98. The minimum absolute atomic E-state index is 0.000519. The molecule has 2 heterocycles. The highest BCUT2D eigenvalue weighted by molar-refractivity contribution is 5.70. The highest BCUT2D eigenvalue weighted by Crippen LogP contribution is 2.32. The molecule has 1 fully saturated rings. The fourth-order valence-electron chi connectivity index (χ4n) is 2.49. The van der Waals surface area contributed by atoms with Gasteiger partial charge in [-0.25, -0.2) is 0 Å². The Bertz CT molecular complexity index is 492. The van der Waals surface area contributed by atoms with Crippen molar-refractivity contribution in [1.29, 1.82) is 0 Å². The monoisotopic (exact) mass is 265 g/mol. The predicted octanol–water partition coefficient (Wildman–Crippen LogP) is 1.82. The van der Waals surface area contributed by atoms with Crippen molar-refractivity contribution in [2.75, 3.05) is 11.4 Å². The lowest BCUT2D eigenvalue weighted by atomic mass is 9.98. The average Bonchev–Trinajstić information content (AvgIpc) is 2.38. The Morgan fingerprint density at radius 1 is 1.58 bits per heavy atom. The minimum atomic E-state index is -0.881. The van der Waals surface area contributed by atoms with E-state index in [1.54, 1.807) is 6.07 Å². The number of hydrogen-bond donors (Lipinski definition) is 1.